The van der Waals surface area contributed by atoms with Gasteiger partial charge in [-0.15, -0.1) is 0 Å². The minimum Gasteiger partial charge on any atom is -0.489 e. The van der Waals surface area contributed by atoms with Crippen molar-refractivity contribution in [2.24, 2.45) is 5.41 Å². The molecule has 14 nitrogen and oxygen atoms in total. The van der Waals surface area contributed by atoms with Gasteiger partial charge in [0.15, 0.2) is 11.5 Å². The van der Waals surface area contributed by atoms with Crippen LogP contribution in [0, 0.1) is 12.3 Å². The lowest BCUT2D eigenvalue weighted by Gasteiger charge is -2.26. The number of ether oxygens (including phenoxy) is 5. The molecule has 4 heterocycles. The van der Waals surface area contributed by atoms with Gasteiger partial charge >= 0.3 is 0 Å². The fraction of sp³-hybridized carbons (Fsp3) is 0.406. The van der Waals surface area contributed by atoms with Gasteiger partial charge in [-0.05, 0) is 50.5 Å². The van der Waals surface area contributed by atoms with Crippen molar-refractivity contribution >= 4 is 34.3 Å². The fourth-order valence-corrected chi connectivity index (χ4v) is 5.47. The van der Waals surface area contributed by atoms with E-state index in [-0.39, 0.29) is 11.8 Å². The van der Waals surface area contributed by atoms with Crippen molar-refractivity contribution in [3.8, 4) is 28.9 Å². The van der Waals surface area contributed by atoms with Gasteiger partial charge in [0.05, 0.1) is 31.0 Å². The normalized spacial score (nSPS) is 16.9. The minimum absolute atomic E-state index is 0.210. The molecule has 2 amide bonds. The number of hydrogen-bond acceptors (Lipinski definition) is 12. The number of aryl methyl sites for hydroxylation is 1. The number of aromatic nitrogens is 3. The highest BCUT2D eigenvalue weighted by atomic mass is 16.6. The summed E-state index contributed by atoms with van der Waals surface area (Å²) in [6, 6.07) is 10.2. The Hall–Kier alpha value is -4.95. The van der Waals surface area contributed by atoms with E-state index in [9.17, 15) is 9.59 Å². The van der Waals surface area contributed by atoms with Crippen LogP contribution < -0.4 is 29.6 Å². The highest BCUT2D eigenvalue weighted by Crippen LogP contribution is 2.49. The third-order valence-corrected chi connectivity index (χ3v) is 8.13. The van der Waals surface area contributed by atoms with Gasteiger partial charge in [-0.1, -0.05) is 5.16 Å². The lowest BCUT2D eigenvalue weighted by atomic mass is 10.1. The summed E-state index contributed by atoms with van der Waals surface area (Å²) >= 11 is 0. The molecule has 1 saturated heterocycles. The number of amides is 2. The van der Waals surface area contributed by atoms with Crippen LogP contribution in [0.4, 0.5) is 11.6 Å². The predicted octanol–water partition coefficient (Wildman–Crippen LogP) is 3.95. The zero-order valence-electron chi connectivity index (χ0n) is 25.4. The van der Waals surface area contributed by atoms with Crippen LogP contribution in [0.25, 0.3) is 10.9 Å². The van der Waals surface area contributed by atoms with Crippen molar-refractivity contribution in [1.82, 2.24) is 20.0 Å². The molecule has 3 aliphatic rings. The van der Waals surface area contributed by atoms with Gasteiger partial charge in [0.2, 0.25) is 29.3 Å². The molecule has 2 fully saturated rings. The average Bonchev–Trinajstić information content (AvgIpc) is 3.80. The topological polar surface area (TPSA) is 159 Å². The smallest absolute Gasteiger partial charge is 0.242 e. The molecule has 7 rings (SSSR count). The Morgan fingerprint density at radius 1 is 0.957 bits per heavy atom. The van der Waals surface area contributed by atoms with E-state index in [2.05, 4.69) is 30.7 Å². The minimum atomic E-state index is -1.15. The van der Waals surface area contributed by atoms with Gasteiger partial charge in [0.1, 0.15) is 36.1 Å². The first-order valence-corrected chi connectivity index (χ1v) is 15.3. The van der Waals surface area contributed by atoms with Gasteiger partial charge < -0.3 is 33.5 Å². The molecular formula is C32H34N6O8. The van der Waals surface area contributed by atoms with Crippen molar-refractivity contribution in [3.05, 3.63) is 48.4 Å². The van der Waals surface area contributed by atoms with E-state index in [0.717, 1.165) is 39.3 Å². The monoisotopic (exact) mass is 630 g/mol. The quantitative estimate of drug-likeness (QED) is 0.182. The van der Waals surface area contributed by atoms with Gasteiger partial charge in [-0.25, -0.2) is 9.97 Å². The molecule has 1 saturated carbocycles. The molecule has 240 valence electrons. The molecular weight excluding hydrogens is 596 g/mol. The van der Waals surface area contributed by atoms with Crippen molar-refractivity contribution in [2.75, 3.05) is 63.3 Å². The Kier molecular flexibility index (Phi) is 8.28. The molecule has 2 aromatic carbocycles. The van der Waals surface area contributed by atoms with Crippen LogP contribution in [0.1, 0.15) is 25.0 Å². The molecule has 0 atom stereocenters. The summed E-state index contributed by atoms with van der Waals surface area (Å²) in [5.41, 5.74) is 0.591. The maximum absolute atomic E-state index is 13.1. The van der Waals surface area contributed by atoms with Crippen LogP contribution in [0.5, 0.6) is 28.9 Å². The average molecular weight is 631 g/mol. The number of hydrogen-bond donors (Lipinski definition) is 2. The Labute approximate surface area is 264 Å². The summed E-state index contributed by atoms with van der Waals surface area (Å²) in [6.45, 7) is 7.35. The number of nitrogens with zero attached hydrogens (tertiary/aromatic N) is 4. The summed E-state index contributed by atoms with van der Waals surface area (Å²) in [6.07, 6.45) is 3.16. The number of benzene rings is 2. The van der Waals surface area contributed by atoms with Gasteiger partial charge in [0.25, 0.3) is 0 Å². The molecule has 2 aromatic heterocycles. The van der Waals surface area contributed by atoms with E-state index in [1.165, 1.54) is 6.33 Å². The van der Waals surface area contributed by atoms with E-state index in [1.807, 2.05) is 6.07 Å². The van der Waals surface area contributed by atoms with Crippen LogP contribution in [-0.2, 0) is 14.3 Å². The Balaban J connectivity index is 1.02. The van der Waals surface area contributed by atoms with E-state index >= 15 is 0 Å². The summed E-state index contributed by atoms with van der Waals surface area (Å²) in [5.74, 6) is 1.70. The van der Waals surface area contributed by atoms with Gasteiger partial charge in [-0.2, -0.15) is 0 Å². The number of carbonyl (C=O) groups is 2. The second kappa shape index (κ2) is 12.8. The first kappa shape index (κ1) is 29.7. The Morgan fingerprint density at radius 3 is 2.46 bits per heavy atom. The molecule has 4 aromatic rings. The predicted molar refractivity (Wildman–Crippen MR) is 165 cm³/mol. The number of morpholine rings is 1. The maximum Gasteiger partial charge on any atom is 0.242 e. The lowest BCUT2D eigenvalue weighted by Crippen LogP contribution is -2.37. The van der Waals surface area contributed by atoms with Gasteiger partial charge in [-0.3, -0.25) is 19.8 Å². The molecule has 2 N–H and O–H groups in total. The number of fused-ring (bicyclic) bond motifs is 3. The first-order valence-electron chi connectivity index (χ1n) is 15.3. The molecule has 1 aliphatic carbocycles. The largest absolute Gasteiger partial charge is 0.489 e. The fourth-order valence-electron chi connectivity index (χ4n) is 5.47. The highest BCUT2D eigenvalue weighted by molar-refractivity contribution is 6.16. The van der Waals surface area contributed by atoms with Crippen molar-refractivity contribution in [3.63, 3.8) is 0 Å². The molecule has 2 aliphatic heterocycles. The number of carbonyl (C=O) groups excluding carboxylic acids is 2. The second-order valence-electron chi connectivity index (χ2n) is 11.4. The molecule has 0 unspecified atom stereocenters. The van der Waals surface area contributed by atoms with E-state index in [0.29, 0.717) is 83.8 Å². The number of nitrogens with one attached hydrogen (secondary N) is 2. The third-order valence-electron chi connectivity index (χ3n) is 8.13. The van der Waals surface area contributed by atoms with E-state index in [1.54, 1.807) is 37.3 Å². The maximum atomic E-state index is 13.1. The SMILES string of the molecule is Cc1cc(NC(=O)C2(C(=O)Nc3ccc(Oc4ncnc5cc(OCCCN6CCOCC6)c6c(c45)OCCO6)cc3)CC2)on1. The summed E-state index contributed by atoms with van der Waals surface area (Å²) < 4.78 is 34.8. The molecule has 46 heavy (non-hydrogen) atoms. The summed E-state index contributed by atoms with van der Waals surface area (Å²) in [4.78, 5) is 37.1. The van der Waals surface area contributed by atoms with E-state index in [4.69, 9.17) is 28.2 Å². The van der Waals surface area contributed by atoms with Crippen molar-refractivity contribution in [2.45, 2.75) is 26.2 Å². The Morgan fingerprint density at radius 2 is 1.72 bits per heavy atom. The number of anilines is 2. The Bertz CT molecular complexity index is 1730. The van der Waals surface area contributed by atoms with E-state index < -0.39 is 11.3 Å². The summed E-state index contributed by atoms with van der Waals surface area (Å²) in [5, 5.41) is 9.80. The molecule has 14 heteroatoms. The summed E-state index contributed by atoms with van der Waals surface area (Å²) in [7, 11) is 0. The van der Waals surface area contributed by atoms with Crippen LogP contribution in [0.2, 0.25) is 0 Å². The van der Waals surface area contributed by atoms with Crippen LogP contribution >= 0.6 is 0 Å². The van der Waals surface area contributed by atoms with Crippen molar-refractivity contribution < 1.29 is 37.8 Å². The van der Waals surface area contributed by atoms with Gasteiger partial charge in [0, 0.05) is 37.5 Å². The zero-order chi connectivity index (χ0) is 31.5. The van der Waals surface area contributed by atoms with Crippen molar-refractivity contribution in [1.29, 1.82) is 0 Å². The van der Waals surface area contributed by atoms with Crippen LogP contribution in [-0.4, -0.2) is 84.5 Å². The van der Waals surface area contributed by atoms with Crippen LogP contribution in [0.3, 0.4) is 0 Å². The second-order valence-corrected chi connectivity index (χ2v) is 11.4. The molecule has 0 spiro atoms. The lowest BCUT2D eigenvalue weighted by molar-refractivity contribution is -0.131. The third kappa shape index (κ3) is 6.26. The molecule has 0 radical (unpaired) electrons. The zero-order valence-corrected chi connectivity index (χ0v) is 25.4. The molecule has 0 bridgehead atoms. The van der Waals surface area contributed by atoms with Crippen LogP contribution in [0.15, 0.2) is 47.2 Å². The standard InChI is InChI=1S/C32H34N6O8/c1-20-17-25(46-37-20)36-31(40)32(7-8-32)30(39)35-21-3-5-22(6-4-21)45-29-26-23(33-19-34-29)18-24(27-28(26)44-16-15-43-27)42-12-2-9-38-10-13-41-14-11-38/h3-6,17-19H,2,7-16H2,1H3,(H,35,39)(H,36,40). The number of rotatable bonds is 11. The highest BCUT2D eigenvalue weighted by Gasteiger charge is 2.56. The first-order chi connectivity index (χ1) is 22.5.